The van der Waals surface area contributed by atoms with Crippen molar-refractivity contribution in [3.63, 3.8) is 0 Å². The van der Waals surface area contributed by atoms with E-state index in [-0.39, 0.29) is 23.8 Å². The second-order valence-electron chi connectivity index (χ2n) is 9.80. The molecule has 1 saturated carbocycles. The minimum absolute atomic E-state index is 0.0296. The second kappa shape index (κ2) is 9.40. The summed E-state index contributed by atoms with van der Waals surface area (Å²) in [5.74, 6) is 1.17. The summed E-state index contributed by atoms with van der Waals surface area (Å²) in [6.07, 6.45) is 5.86. The summed E-state index contributed by atoms with van der Waals surface area (Å²) in [5, 5.41) is 15.9. The van der Waals surface area contributed by atoms with Gasteiger partial charge in [-0.15, -0.1) is 0 Å². The molecule has 4 atom stereocenters. The highest BCUT2D eigenvalue weighted by molar-refractivity contribution is 5.83. The van der Waals surface area contributed by atoms with Gasteiger partial charge in [0.25, 0.3) is 0 Å². The van der Waals surface area contributed by atoms with Crippen LogP contribution in [0, 0.1) is 23.2 Å². The molecule has 6 nitrogen and oxygen atoms in total. The van der Waals surface area contributed by atoms with Crippen molar-refractivity contribution in [2.45, 2.75) is 76.4 Å². The van der Waals surface area contributed by atoms with Gasteiger partial charge in [0, 0.05) is 31.5 Å². The summed E-state index contributed by atoms with van der Waals surface area (Å²) >= 11 is 0. The highest BCUT2D eigenvalue weighted by Crippen LogP contribution is 2.35. The van der Waals surface area contributed by atoms with Crippen LogP contribution >= 0.6 is 0 Å². The van der Waals surface area contributed by atoms with Crippen LogP contribution in [0.4, 0.5) is 0 Å². The monoisotopic (exact) mass is 422 g/mol. The molecule has 0 aromatic heterocycles. The van der Waals surface area contributed by atoms with Crippen molar-refractivity contribution in [2.75, 3.05) is 13.1 Å². The Morgan fingerprint density at radius 3 is 2.42 bits per heavy atom. The molecule has 4 rings (SSSR count). The third kappa shape index (κ3) is 4.93. The number of nitriles is 1. The molecule has 2 N–H and O–H groups in total. The molecule has 2 heterocycles. The zero-order chi connectivity index (χ0) is 22.0. The molecule has 31 heavy (non-hydrogen) atoms. The van der Waals surface area contributed by atoms with Gasteiger partial charge in [0.1, 0.15) is 6.04 Å². The lowest BCUT2D eigenvalue weighted by Gasteiger charge is -2.33. The van der Waals surface area contributed by atoms with Crippen molar-refractivity contribution in [3.05, 3.63) is 35.4 Å². The van der Waals surface area contributed by atoms with Gasteiger partial charge < -0.3 is 15.5 Å². The maximum atomic E-state index is 12.6. The van der Waals surface area contributed by atoms with Crippen molar-refractivity contribution < 1.29 is 9.59 Å². The Labute approximate surface area is 185 Å². The normalized spacial score (nSPS) is 26.6. The molecule has 166 valence electrons. The summed E-state index contributed by atoms with van der Waals surface area (Å²) in [6, 6.07) is 10.5. The molecule has 1 aromatic rings. The average Bonchev–Trinajstić information content (AvgIpc) is 3.42. The first-order valence-corrected chi connectivity index (χ1v) is 11.8. The number of rotatable bonds is 6. The Morgan fingerprint density at radius 1 is 1.16 bits per heavy atom. The van der Waals surface area contributed by atoms with E-state index in [1.54, 1.807) is 0 Å². The van der Waals surface area contributed by atoms with Crippen molar-refractivity contribution >= 4 is 11.8 Å². The summed E-state index contributed by atoms with van der Waals surface area (Å²) < 4.78 is 0. The SMILES string of the molecule is CC(C)C(=O)N1CCC(c2ccc(C[C@@H](C#N)NC(=O)[C@H]3N[C@H]4CC[C@H]3C4)cc2)CC1. The van der Waals surface area contributed by atoms with E-state index >= 15 is 0 Å². The number of hydrogen-bond acceptors (Lipinski definition) is 4. The first-order chi connectivity index (χ1) is 14.9. The van der Waals surface area contributed by atoms with Crippen LogP contribution in [0.5, 0.6) is 0 Å². The van der Waals surface area contributed by atoms with Crippen LogP contribution < -0.4 is 10.6 Å². The van der Waals surface area contributed by atoms with Gasteiger partial charge in [-0.2, -0.15) is 5.26 Å². The molecular weight excluding hydrogens is 388 g/mol. The van der Waals surface area contributed by atoms with Crippen LogP contribution in [0.2, 0.25) is 0 Å². The molecule has 2 bridgehead atoms. The minimum Gasteiger partial charge on any atom is -0.342 e. The summed E-state index contributed by atoms with van der Waals surface area (Å²) in [5.41, 5.74) is 2.35. The van der Waals surface area contributed by atoms with E-state index in [0.29, 0.717) is 24.3 Å². The Morgan fingerprint density at radius 2 is 1.87 bits per heavy atom. The van der Waals surface area contributed by atoms with Crippen LogP contribution in [0.25, 0.3) is 0 Å². The standard InChI is InChI=1S/C25H34N4O2/c1-16(2)25(31)29-11-9-19(10-12-29)18-5-3-17(4-6-18)13-22(15-26)28-24(30)23-20-7-8-21(14-20)27-23/h3-6,16,19-23,27H,7-14H2,1-2H3,(H,28,30)/t20-,21-,22-,23-/m0/s1. The van der Waals surface area contributed by atoms with Crippen LogP contribution in [0.3, 0.4) is 0 Å². The second-order valence-corrected chi connectivity index (χ2v) is 9.80. The first-order valence-electron chi connectivity index (χ1n) is 11.8. The van der Waals surface area contributed by atoms with Crippen molar-refractivity contribution in [1.82, 2.24) is 15.5 Å². The summed E-state index contributed by atoms with van der Waals surface area (Å²) in [4.78, 5) is 26.8. The number of hydrogen-bond donors (Lipinski definition) is 2. The fourth-order valence-electron chi connectivity index (χ4n) is 5.50. The highest BCUT2D eigenvalue weighted by Gasteiger charge is 2.43. The van der Waals surface area contributed by atoms with E-state index in [4.69, 9.17) is 0 Å². The van der Waals surface area contributed by atoms with Gasteiger partial charge in [0.15, 0.2) is 0 Å². The number of amides is 2. The van der Waals surface area contributed by atoms with Crippen molar-refractivity contribution in [2.24, 2.45) is 11.8 Å². The summed E-state index contributed by atoms with van der Waals surface area (Å²) in [7, 11) is 0. The molecule has 3 fully saturated rings. The molecule has 0 spiro atoms. The summed E-state index contributed by atoms with van der Waals surface area (Å²) in [6.45, 7) is 5.56. The van der Waals surface area contributed by atoms with Crippen LogP contribution in [-0.2, 0) is 16.0 Å². The van der Waals surface area contributed by atoms with E-state index in [2.05, 4.69) is 41.0 Å². The Hall–Kier alpha value is -2.39. The van der Waals surface area contributed by atoms with Gasteiger partial charge in [0.2, 0.25) is 11.8 Å². The molecule has 2 amide bonds. The molecular formula is C25H34N4O2. The topological polar surface area (TPSA) is 85.2 Å². The van der Waals surface area contributed by atoms with E-state index in [1.165, 1.54) is 5.56 Å². The Kier molecular flexibility index (Phi) is 6.62. The van der Waals surface area contributed by atoms with Gasteiger partial charge in [-0.05, 0) is 55.1 Å². The Balaban J connectivity index is 1.28. The smallest absolute Gasteiger partial charge is 0.238 e. The van der Waals surface area contributed by atoms with Crippen molar-refractivity contribution in [3.8, 4) is 6.07 Å². The first kappa shape index (κ1) is 21.8. The van der Waals surface area contributed by atoms with Crippen molar-refractivity contribution in [1.29, 1.82) is 5.26 Å². The fourth-order valence-corrected chi connectivity index (χ4v) is 5.50. The fraction of sp³-hybridized carbons (Fsp3) is 0.640. The molecule has 0 radical (unpaired) electrons. The van der Waals surface area contributed by atoms with Gasteiger partial charge in [-0.25, -0.2) is 0 Å². The molecule has 1 aromatic carbocycles. The van der Waals surface area contributed by atoms with E-state index in [9.17, 15) is 14.9 Å². The van der Waals surface area contributed by atoms with E-state index in [0.717, 1.165) is 50.8 Å². The zero-order valence-corrected chi connectivity index (χ0v) is 18.6. The zero-order valence-electron chi connectivity index (χ0n) is 18.6. The number of likely N-dealkylation sites (tertiary alicyclic amines) is 1. The molecule has 2 saturated heterocycles. The predicted molar refractivity (Wildman–Crippen MR) is 119 cm³/mol. The van der Waals surface area contributed by atoms with Gasteiger partial charge in [-0.1, -0.05) is 38.1 Å². The quantitative estimate of drug-likeness (QED) is 0.738. The van der Waals surface area contributed by atoms with Crippen LogP contribution in [0.15, 0.2) is 24.3 Å². The van der Waals surface area contributed by atoms with E-state index < -0.39 is 6.04 Å². The number of carbonyl (C=O) groups is 2. The average molecular weight is 423 g/mol. The lowest BCUT2D eigenvalue weighted by atomic mass is 9.88. The largest absolute Gasteiger partial charge is 0.342 e. The van der Waals surface area contributed by atoms with Gasteiger partial charge >= 0.3 is 0 Å². The molecule has 6 heteroatoms. The number of carbonyl (C=O) groups excluding carboxylic acids is 2. The maximum Gasteiger partial charge on any atom is 0.238 e. The minimum atomic E-state index is -0.510. The number of benzene rings is 1. The number of fused-ring (bicyclic) bond motifs is 2. The van der Waals surface area contributed by atoms with E-state index in [1.807, 2.05) is 18.7 Å². The van der Waals surface area contributed by atoms with Gasteiger partial charge in [-0.3, -0.25) is 9.59 Å². The molecule has 3 aliphatic rings. The lowest BCUT2D eigenvalue weighted by Crippen LogP contribution is -2.50. The number of nitrogens with zero attached hydrogens (tertiary/aromatic N) is 2. The molecule has 1 aliphatic carbocycles. The number of nitrogens with one attached hydrogen (secondary N) is 2. The van der Waals surface area contributed by atoms with Crippen LogP contribution in [0.1, 0.15) is 63.0 Å². The highest BCUT2D eigenvalue weighted by atomic mass is 16.2. The maximum absolute atomic E-state index is 12.6. The van der Waals surface area contributed by atoms with Crippen LogP contribution in [-0.4, -0.2) is 47.9 Å². The lowest BCUT2D eigenvalue weighted by molar-refractivity contribution is -0.135. The predicted octanol–water partition coefficient (Wildman–Crippen LogP) is 2.74. The third-order valence-corrected chi connectivity index (χ3v) is 7.31. The Bertz CT molecular complexity index is 836. The number of piperidine rings is 2. The molecule has 0 unspecified atom stereocenters. The third-order valence-electron chi connectivity index (χ3n) is 7.31. The van der Waals surface area contributed by atoms with Gasteiger partial charge in [0.05, 0.1) is 12.1 Å². The molecule has 2 aliphatic heterocycles.